The van der Waals surface area contributed by atoms with Gasteiger partial charge in [-0.1, -0.05) is 45.2 Å². The molecule has 1 rings (SSSR count). The Bertz CT molecular complexity index is 303. The highest BCUT2D eigenvalue weighted by molar-refractivity contribution is 6.31. The van der Waals surface area contributed by atoms with Crippen LogP contribution in [0.15, 0.2) is 10.6 Å². The lowest BCUT2D eigenvalue weighted by Gasteiger charge is -2.31. The molecular weight excluding hydrogens is 218 g/mol. The Labute approximate surface area is 104 Å². The fraction of sp³-hybridized carbons (Fsp3) is 0.786. The van der Waals surface area contributed by atoms with Gasteiger partial charge in [-0.25, -0.2) is 0 Å². The lowest BCUT2D eigenvalue weighted by atomic mass is 9.76. The predicted octanol–water partition coefficient (Wildman–Crippen LogP) is 5.02. The average molecular weight is 240 g/mol. The van der Waals surface area contributed by atoms with Gasteiger partial charge in [-0.3, -0.25) is 0 Å². The lowest BCUT2D eigenvalue weighted by Crippen LogP contribution is -2.20. The van der Waals surface area contributed by atoms with Crippen LogP contribution in [0.3, 0.4) is 0 Å². The number of rotatable bonds is 4. The molecule has 0 aliphatic heterocycles. The van der Waals surface area contributed by atoms with Gasteiger partial charge in [0.05, 0.1) is 6.07 Å². The molecule has 1 aliphatic rings. The van der Waals surface area contributed by atoms with Gasteiger partial charge in [-0.15, -0.1) is 0 Å². The van der Waals surface area contributed by atoms with E-state index in [0.29, 0.717) is 5.92 Å². The number of allylic oxidation sites excluding steroid dienone is 2. The van der Waals surface area contributed by atoms with E-state index in [1.807, 2.05) is 6.92 Å². The molecule has 0 unspecified atom stereocenters. The van der Waals surface area contributed by atoms with Crippen molar-refractivity contribution in [1.82, 2.24) is 0 Å². The Balaban J connectivity index is 3.02. The summed E-state index contributed by atoms with van der Waals surface area (Å²) >= 11 is 6.51. The van der Waals surface area contributed by atoms with Crippen molar-refractivity contribution in [2.75, 3.05) is 0 Å². The Kier molecular flexibility index (Phi) is 4.87. The van der Waals surface area contributed by atoms with Gasteiger partial charge in [0, 0.05) is 16.0 Å². The SMILES string of the molecule is CCC(C#N)=C(Cl)C1(CC(C)C)CCCC1. The molecule has 90 valence electrons. The maximum absolute atomic E-state index is 9.11. The van der Waals surface area contributed by atoms with Crippen LogP contribution < -0.4 is 0 Å². The zero-order chi connectivity index (χ0) is 12.2. The molecule has 0 aromatic carbocycles. The summed E-state index contributed by atoms with van der Waals surface area (Å²) in [6, 6.07) is 2.27. The number of halogens is 1. The van der Waals surface area contributed by atoms with E-state index in [1.54, 1.807) is 0 Å². The molecule has 0 saturated heterocycles. The Hall–Kier alpha value is -0.480. The van der Waals surface area contributed by atoms with Gasteiger partial charge in [0.1, 0.15) is 0 Å². The first-order valence-electron chi connectivity index (χ1n) is 6.35. The molecule has 0 bridgehead atoms. The molecule has 1 aliphatic carbocycles. The van der Waals surface area contributed by atoms with Crippen LogP contribution in [0, 0.1) is 22.7 Å². The van der Waals surface area contributed by atoms with E-state index in [1.165, 1.54) is 12.8 Å². The highest BCUT2D eigenvalue weighted by Gasteiger charge is 2.38. The third kappa shape index (κ3) is 2.80. The summed E-state index contributed by atoms with van der Waals surface area (Å²) in [7, 11) is 0. The van der Waals surface area contributed by atoms with E-state index >= 15 is 0 Å². The highest BCUT2D eigenvalue weighted by atomic mass is 35.5. The molecular formula is C14H22ClN. The van der Waals surface area contributed by atoms with Crippen LogP contribution in [0.25, 0.3) is 0 Å². The lowest BCUT2D eigenvalue weighted by molar-refractivity contribution is 0.301. The maximum Gasteiger partial charge on any atom is 0.0959 e. The second kappa shape index (κ2) is 5.73. The molecule has 0 aromatic rings. The molecule has 16 heavy (non-hydrogen) atoms. The van der Waals surface area contributed by atoms with Crippen LogP contribution in [0.4, 0.5) is 0 Å². The van der Waals surface area contributed by atoms with Gasteiger partial charge >= 0.3 is 0 Å². The first kappa shape index (κ1) is 13.6. The van der Waals surface area contributed by atoms with Gasteiger partial charge in [-0.05, 0) is 31.6 Å². The van der Waals surface area contributed by atoms with Crippen molar-refractivity contribution < 1.29 is 0 Å². The summed E-state index contributed by atoms with van der Waals surface area (Å²) in [5.74, 6) is 0.642. The van der Waals surface area contributed by atoms with E-state index in [2.05, 4.69) is 19.9 Å². The van der Waals surface area contributed by atoms with Gasteiger partial charge in [0.15, 0.2) is 0 Å². The first-order valence-corrected chi connectivity index (χ1v) is 6.72. The van der Waals surface area contributed by atoms with Crippen LogP contribution in [-0.4, -0.2) is 0 Å². The Morgan fingerprint density at radius 1 is 1.38 bits per heavy atom. The first-order chi connectivity index (χ1) is 7.55. The minimum atomic E-state index is 0.122. The van der Waals surface area contributed by atoms with E-state index < -0.39 is 0 Å². The molecule has 1 fully saturated rings. The molecule has 0 atom stereocenters. The van der Waals surface area contributed by atoms with Crippen molar-refractivity contribution in [3.63, 3.8) is 0 Å². The molecule has 0 N–H and O–H groups in total. The summed E-state index contributed by atoms with van der Waals surface area (Å²) in [5.41, 5.74) is 0.917. The van der Waals surface area contributed by atoms with Crippen LogP contribution in [0.5, 0.6) is 0 Å². The minimum Gasteiger partial charge on any atom is -0.193 e. The summed E-state index contributed by atoms with van der Waals surface area (Å²) in [5, 5.41) is 9.98. The van der Waals surface area contributed by atoms with Crippen molar-refractivity contribution in [2.24, 2.45) is 11.3 Å². The molecule has 0 heterocycles. The van der Waals surface area contributed by atoms with Gasteiger partial charge < -0.3 is 0 Å². The molecule has 2 heteroatoms. The third-order valence-corrected chi connectivity index (χ3v) is 4.21. The van der Waals surface area contributed by atoms with E-state index in [9.17, 15) is 0 Å². The minimum absolute atomic E-state index is 0.122. The normalized spacial score (nSPS) is 20.8. The average Bonchev–Trinajstić information content (AvgIpc) is 2.68. The van der Waals surface area contributed by atoms with Gasteiger partial charge in [0.2, 0.25) is 0 Å². The third-order valence-electron chi connectivity index (χ3n) is 3.58. The molecule has 0 spiro atoms. The number of hydrogen-bond acceptors (Lipinski definition) is 1. The van der Waals surface area contributed by atoms with E-state index in [4.69, 9.17) is 16.9 Å². The zero-order valence-electron chi connectivity index (χ0n) is 10.6. The largest absolute Gasteiger partial charge is 0.193 e. The second-order valence-electron chi connectivity index (χ2n) is 5.34. The van der Waals surface area contributed by atoms with Crippen molar-refractivity contribution in [2.45, 2.75) is 59.3 Å². The summed E-state index contributed by atoms with van der Waals surface area (Å²) in [4.78, 5) is 0. The summed E-state index contributed by atoms with van der Waals surface area (Å²) in [6.07, 6.45) is 6.72. The number of hydrogen-bond donors (Lipinski definition) is 0. The fourth-order valence-corrected chi connectivity index (χ4v) is 3.39. The van der Waals surface area contributed by atoms with Gasteiger partial charge in [-0.2, -0.15) is 5.26 Å². The van der Waals surface area contributed by atoms with Crippen LogP contribution in [0.1, 0.15) is 59.3 Å². The number of nitriles is 1. The molecule has 0 amide bonds. The predicted molar refractivity (Wildman–Crippen MR) is 69.1 cm³/mol. The van der Waals surface area contributed by atoms with Crippen molar-refractivity contribution in [1.29, 1.82) is 5.26 Å². The second-order valence-corrected chi connectivity index (χ2v) is 5.72. The van der Waals surface area contributed by atoms with Crippen LogP contribution >= 0.6 is 11.6 Å². The Morgan fingerprint density at radius 2 is 1.94 bits per heavy atom. The van der Waals surface area contributed by atoms with Crippen LogP contribution in [0.2, 0.25) is 0 Å². The molecule has 1 saturated carbocycles. The number of nitrogens with zero attached hydrogens (tertiary/aromatic N) is 1. The van der Waals surface area contributed by atoms with Crippen molar-refractivity contribution in [3.05, 3.63) is 10.6 Å². The molecule has 1 nitrogen and oxygen atoms in total. The summed E-state index contributed by atoms with van der Waals surface area (Å²) in [6.45, 7) is 6.49. The topological polar surface area (TPSA) is 23.8 Å². The van der Waals surface area contributed by atoms with Gasteiger partial charge in [0.25, 0.3) is 0 Å². The monoisotopic (exact) mass is 239 g/mol. The van der Waals surface area contributed by atoms with Crippen molar-refractivity contribution >= 4 is 11.6 Å². The fourth-order valence-electron chi connectivity index (χ4n) is 2.95. The standard InChI is InChI=1S/C14H22ClN/c1-4-12(10-16)13(15)14(9-11(2)3)7-5-6-8-14/h11H,4-9H2,1-3H3. The summed E-state index contributed by atoms with van der Waals surface area (Å²) < 4.78 is 0. The van der Waals surface area contributed by atoms with Crippen LogP contribution in [-0.2, 0) is 0 Å². The smallest absolute Gasteiger partial charge is 0.0959 e. The Morgan fingerprint density at radius 3 is 2.31 bits per heavy atom. The quantitative estimate of drug-likeness (QED) is 0.632. The van der Waals surface area contributed by atoms with E-state index in [0.717, 1.165) is 36.3 Å². The highest BCUT2D eigenvalue weighted by Crippen LogP contribution is 2.51. The molecule has 0 aromatic heterocycles. The van der Waals surface area contributed by atoms with E-state index in [-0.39, 0.29) is 5.41 Å². The zero-order valence-corrected chi connectivity index (χ0v) is 11.4. The maximum atomic E-state index is 9.11. The van der Waals surface area contributed by atoms with Crippen molar-refractivity contribution in [3.8, 4) is 6.07 Å². The molecule has 0 radical (unpaired) electrons.